The molecular weight excluding hydrogens is 180 g/mol. The third-order valence-corrected chi connectivity index (χ3v) is 3.20. The molecule has 0 spiro atoms. The highest BCUT2D eigenvalue weighted by molar-refractivity contribution is 7.08. The molecular formula is C8H9F2NS. The van der Waals surface area contributed by atoms with Gasteiger partial charge in [0.05, 0.1) is 5.41 Å². The largest absolute Gasteiger partial charge is 0.329 e. The first-order valence-electron chi connectivity index (χ1n) is 3.73. The van der Waals surface area contributed by atoms with Crippen molar-refractivity contribution in [1.82, 2.24) is 0 Å². The lowest BCUT2D eigenvalue weighted by Crippen LogP contribution is -2.26. The van der Waals surface area contributed by atoms with Gasteiger partial charge in [-0.25, -0.2) is 8.78 Å². The zero-order valence-corrected chi connectivity index (χ0v) is 7.20. The molecule has 0 aromatic carbocycles. The second-order valence-electron chi connectivity index (χ2n) is 3.18. The summed E-state index contributed by atoms with van der Waals surface area (Å²) in [6.07, 6.45) is -0.0900. The second-order valence-corrected chi connectivity index (χ2v) is 3.96. The molecule has 1 aliphatic rings. The Balaban J connectivity index is 2.34. The SMILES string of the molecule is NCC1(c2ccsc2)CC1(F)F. The summed E-state index contributed by atoms with van der Waals surface area (Å²) in [6, 6.07) is 1.73. The van der Waals surface area contributed by atoms with Crippen molar-refractivity contribution >= 4 is 11.3 Å². The number of thiophene rings is 1. The molecule has 1 heterocycles. The van der Waals surface area contributed by atoms with Crippen molar-refractivity contribution in [2.45, 2.75) is 17.8 Å². The van der Waals surface area contributed by atoms with E-state index >= 15 is 0 Å². The number of nitrogens with two attached hydrogens (primary N) is 1. The molecule has 0 radical (unpaired) electrons. The summed E-state index contributed by atoms with van der Waals surface area (Å²) in [5.74, 6) is -2.58. The van der Waals surface area contributed by atoms with Crippen LogP contribution < -0.4 is 5.73 Å². The second kappa shape index (κ2) is 2.26. The molecule has 1 unspecified atom stereocenters. The summed E-state index contributed by atoms with van der Waals surface area (Å²) in [6.45, 7) is 0.0384. The summed E-state index contributed by atoms with van der Waals surface area (Å²) in [5, 5.41) is 3.56. The highest BCUT2D eigenvalue weighted by Gasteiger charge is 2.71. The highest BCUT2D eigenvalue weighted by Crippen LogP contribution is 2.61. The molecule has 4 heteroatoms. The Morgan fingerprint density at radius 1 is 1.58 bits per heavy atom. The van der Waals surface area contributed by atoms with Gasteiger partial charge in [0.15, 0.2) is 0 Å². The first kappa shape index (κ1) is 8.13. The van der Waals surface area contributed by atoms with E-state index in [1.807, 2.05) is 0 Å². The van der Waals surface area contributed by atoms with E-state index < -0.39 is 11.3 Å². The minimum absolute atomic E-state index is 0.0384. The average Bonchev–Trinajstić information content (AvgIpc) is 2.52. The smallest absolute Gasteiger partial charge is 0.260 e. The zero-order valence-electron chi connectivity index (χ0n) is 6.39. The molecule has 1 nitrogen and oxygen atoms in total. The van der Waals surface area contributed by atoms with E-state index in [4.69, 9.17) is 5.73 Å². The molecule has 2 rings (SSSR count). The number of alkyl halides is 2. The number of rotatable bonds is 2. The maximum Gasteiger partial charge on any atom is 0.260 e. The molecule has 1 atom stereocenters. The molecule has 1 aliphatic carbocycles. The topological polar surface area (TPSA) is 26.0 Å². The third kappa shape index (κ3) is 0.850. The van der Waals surface area contributed by atoms with Gasteiger partial charge in [-0.15, -0.1) is 0 Å². The summed E-state index contributed by atoms with van der Waals surface area (Å²) >= 11 is 1.43. The van der Waals surface area contributed by atoms with E-state index in [2.05, 4.69) is 0 Å². The van der Waals surface area contributed by atoms with Crippen LogP contribution in [-0.2, 0) is 5.41 Å². The Labute approximate surface area is 73.2 Å². The van der Waals surface area contributed by atoms with Gasteiger partial charge < -0.3 is 5.73 Å². The summed E-state index contributed by atoms with van der Waals surface area (Å²) in [5.41, 5.74) is 5.02. The van der Waals surface area contributed by atoms with E-state index in [-0.39, 0.29) is 13.0 Å². The maximum atomic E-state index is 12.9. The van der Waals surface area contributed by atoms with Gasteiger partial charge in [-0.05, 0) is 22.4 Å². The minimum atomic E-state index is -2.58. The lowest BCUT2D eigenvalue weighted by atomic mass is 9.99. The van der Waals surface area contributed by atoms with Crippen molar-refractivity contribution in [2.75, 3.05) is 6.54 Å². The molecule has 1 saturated carbocycles. The van der Waals surface area contributed by atoms with Crippen LogP contribution in [0, 0.1) is 0 Å². The van der Waals surface area contributed by atoms with Crippen LogP contribution in [0.4, 0.5) is 8.78 Å². The van der Waals surface area contributed by atoms with Gasteiger partial charge >= 0.3 is 0 Å². The zero-order chi connectivity index (χ0) is 8.82. The van der Waals surface area contributed by atoms with Gasteiger partial charge in [0.2, 0.25) is 0 Å². The van der Waals surface area contributed by atoms with Crippen molar-refractivity contribution in [3.05, 3.63) is 22.4 Å². The van der Waals surface area contributed by atoms with Crippen molar-refractivity contribution in [2.24, 2.45) is 5.73 Å². The summed E-state index contributed by atoms with van der Waals surface area (Å²) in [7, 11) is 0. The Hall–Kier alpha value is -0.480. The van der Waals surface area contributed by atoms with Crippen LogP contribution in [0.3, 0.4) is 0 Å². The quantitative estimate of drug-likeness (QED) is 0.756. The molecule has 66 valence electrons. The van der Waals surface area contributed by atoms with Crippen LogP contribution in [0.25, 0.3) is 0 Å². The first-order valence-corrected chi connectivity index (χ1v) is 4.67. The lowest BCUT2D eigenvalue weighted by molar-refractivity contribution is 0.0897. The van der Waals surface area contributed by atoms with Crippen LogP contribution in [0.2, 0.25) is 0 Å². The Kier molecular flexibility index (Phi) is 1.53. The van der Waals surface area contributed by atoms with Gasteiger partial charge in [-0.3, -0.25) is 0 Å². The number of halogens is 2. The molecule has 1 aromatic rings. The average molecular weight is 189 g/mol. The first-order chi connectivity index (χ1) is 5.62. The van der Waals surface area contributed by atoms with Crippen LogP contribution in [0.5, 0.6) is 0 Å². The molecule has 0 amide bonds. The molecule has 0 bridgehead atoms. The van der Waals surface area contributed by atoms with Gasteiger partial charge in [-0.2, -0.15) is 11.3 Å². The predicted molar refractivity (Wildman–Crippen MR) is 44.6 cm³/mol. The third-order valence-electron chi connectivity index (χ3n) is 2.52. The van der Waals surface area contributed by atoms with Crippen LogP contribution >= 0.6 is 11.3 Å². The molecule has 2 N–H and O–H groups in total. The van der Waals surface area contributed by atoms with Crippen molar-refractivity contribution < 1.29 is 8.78 Å². The Bertz CT molecular complexity index is 283. The summed E-state index contributed by atoms with van der Waals surface area (Å²) < 4.78 is 25.9. The van der Waals surface area contributed by atoms with Gasteiger partial charge in [-0.1, -0.05) is 0 Å². The monoisotopic (exact) mass is 189 g/mol. The fourth-order valence-corrected chi connectivity index (χ4v) is 2.28. The minimum Gasteiger partial charge on any atom is -0.329 e. The van der Waals surface area contributed by atoms with Crippen molar-refractivity contribution in [1.29, 1.82) is 0 Å². The fraction of sp³-hybridized carbons (Fsp3) is 0.500. The fourth-order valence-electron chi connectivity index (χ4n) is 1.52. The normalized spacial score (nSPS) is 31.9. The predicted octanol–water partition coefficient (Wildman–Crippen LogP) is 1.98. The van der Waals surface area contributed by atoms with E-state index in [0.717, 1.165) is 0 Å². The molecule has 0 saturated heterocycles. The molecule has 12 heavy (non-hydrogen) atoms. The van der Waals surface area contributed by atoms with Crippen molar-refractivity contribution in [3.8, 4) is 0 Å². The molecule has 1 fully saturated rings. The van der Waals surface area contributed by atoms with E-state index in [9.17, 15) is 8.78 Å². The highest BCUT2D eigenvalue weighted by atomic mass is 32.1. The van der Waals surface area contributed by atoms with Crippen LogP contribution in [0.1, 0.15) is 12.0 Å². The van der Waals surface area contributed by atoms with E-state index in [1.165, 1.54) is 11.3 Å². The van der Waals surface area contributed by atoms with Crippen molar-refractivity contribution in [3.63, 3.8) is 0 Å². The molecule has 0 aliphatic heterocycles. The van der Waals surface area contributed by atoms with Crippen LogP contribution in [-0.4, -0.2) is 12.5 Å². The van der Waals surface area contributed by atoms with Crippen LogP contribution in [0.15, 0.2) is 16.8 Å². The van der Waals surface area contributed by atoms with Gasteiger partial charge in [0.25, 0.3) is 5.92 Å². The molecule has 1 aromatic heterocycles. The lowest BCUT2D eigenvalue weighted by Gasteiger charge is -2.10. The standard InChI is InChI=1S/C8H9F2NS/c9-8(10)4-7(8,5-11)6-1-2-12-3-6/h1-3H,4-5,11H2. The Morgan fingerprint density at radius 2 is 2.25 bits per heavy atom. The number of hydrogen-bond donors (Lipinski definition) is 1. The number of hydrogen-bond acceptors (Lipinski definition) is 2. The van der Waals surface area contributed by atoms with Gasteiger partial charge in [0.1, 0.15) is 0 Å². The van der Waals surface area contributed by atoms with E-state index in [1.54, 1.807) is 16.8 Å². The summed E-state index contributed by atoms with van der Waals surface area (Å²) in [4.78, 5) is 0. The Morgan fingerprint density at radius 3 is 2.58 bits per heavy atom. The van der Waals surface area contributed by atoms with E-state index in [0.29, 0.717) is 5.56 Å². The van der Waals surface area contributed by atoms with Gasteiger partial charge in [0, 0.05) is 13.0 Å². The maximum absolute atomic E-state index is 12.9.